The van der Waals surface area contributed by atoms with Crippen LogP contribution in [0.2, 0.25) is 0 Å². The third-order valence-corrected chi connectivity index (χ3v) is 1.89. The zero-order chi connectivity index (χ0) is 12.5. The van der Waals surface area contributed by atoms with Gasteiger partial charge in [0.1, 0.15) is 0 Å². The molecule has 9 nitrogen and oxygen atoms in total. The summed E-state index contributed by atoms with van der Waals surface area (Å²) in [6.07, 6.45) is 0. The molecule has 0 amide bonds. The van der Waals surface area contributed by atoms with Crippen molar-refractivity contribution in [3.63, 3.8) is 0 Å². The molecule has 0 saturated heterocycles. The van der Waals surface area contributed by atoms with Gasteiger partial charge in [-0.2, -0.15) is 0 Å². The highest BCUT2D eigenvalue weighted by molar-refractivity contribution is 5.68. The lowest BCUT2D eigenvalue weighted by Gasteiger charge is -1.98. The highest BCUT2D eigenvalue weighted by atomic mass is 16.6. The molecule has 0 saturated carbocycles. The lowest BCUT2D eigenvalue weighted by molar-refractivity contribution is -0.441. The second-order valence-electron chi connectivity index (χ2n) is 2.87. The fourth-order valence-corrected chi connectivity index (χ4v) is 1.23. The normalized spacial score (nSPS) is 9.81. The molecular weight excluding hydrogens is 222 g/mol. The minimum Gasteiger partial charge on any atom is -0.258 e. The van der Waals surface area contributed by atoms with Crippen molar-refractivity contribution in [3.05, 3.63) is 48.0 Å². The molecule has 0 aliphatic rings. The van der Waals surface area contributed by atoms with Crippen LogP contribution in [0.5, 0.6) is 0 Å². The van der Waals surface area contributed by atoms with Crippen LogP contribution in [0.15, 0.2) is 12.1 Å². The van der Waals surface area contributed by atoms with E-state index in [0.717, 1.165) is 12.1 Å². The number of hydrogen-bond donors (Lipinski definition) is 0. The first kappa shape index (κ1) is 11.5. The third kappa shape index (κ3) is 1.78. The van der Waals surface area contributed by atoms with Crippen molar-refractivity contribution in [1.82, 2.24) is 0 Å². The number of nitrogens with zero attached hydrogens (tertiary/aromatic N) is 3. The predicted molar refractivity (Wildman–Crippen MR) is 51.1 cm³/mol. The fourth-order valence-electron chi connectivity index (χ4n) is 1.23. The van der Waals surface area contributed by atoms with E-state index in [0.29, 0.717) is 0 Å². The van der Waals surface area contributed by atoms with Crippen LogP contribution in [-0.2, 0) is 0 Å². The van der Waals surface area contributed by atoms with Crippen molar-refractivity contribution in [1.29, 1.82) is 0 Å². The number of aryl methyl sites for hydroxylation is 1. The minimum absolute atomic E-state index is 0.00213. The molecule has 16 heavy (non-hydrogen) atoms. The van der Waals surface area contributed by atoms with Gasteiger partial charge in [-0.1, -0.05) is 0 Å². The molecule has 0 N–H and O–H groups in total. The number of nitro benzene ring substituents is 3. The summed E-state index contributed by atoms with van der Waals surface area (Å²) in [7, 11) is 0. The Morgan fingerprint density at radius 3 is 1.75 bits per heavy atom. The molecular formula is C7H5N3O6. The Morgan fingerprint density at radius 1 is 0.875 bits per heavy atom. The SMILES string of the molecule is Cc1ccc([N+](=O)[O-])c([N+](=O)[O-])c1[N+](=O)[O-]. The van der Waals surface area contributed by atoms with Gasteiger partial charge in [0, 0.05) is 11.6 Å². The number of hydrogen-bond acceptors (Lipinski definition) is 6. The Balaban J connectivity index is 3.70. The van der Waals surface area contributed by atoms with E-state index in [1.54, 1.807) is 0 Å². The van der Waals surface area contributed by atoms with Gasteiger partial charge in [-0.15, -0.1) is 0 Å². The highest BCUT2D eigenvalue weighted by Crippen LogP contribution is 2.38. The Bertz CT molecular complexity index is 497. The predicted octanol–water partition coefficient (Wildman–Crippen LogP) is 1.72. The van der Waals surface area contributed by atoms with Gasteiger partial charge in [0.05, 0.1) is 14.8 Å². The zero-order valence-corrected chi connectivity index (χ0v) is 7.95. The lowest BCUT2D eigenvalue weighted by atomic mass is 10.1. The second kappa shape index (κ2) is 3.88. The standard InChI is InChI=1S/C7H5N3O6/c1-4-2-3-5(8(11)12)7(10(15)16)6(4)9(13)14/h2-3H,1H3. The molecule has 9 heteroatoms. The minimum atomic E-state index is -1.12. The maximum atomic E-state index is 10.6. The zero-order valence-electron chi connectivity index (χ0n) is 7.95. The first-order chi connectivity index (χ1) is 7.36. The average molecular weight is 227 g/mol. The number of nitro groups is 3. The molecule has 1 aromatic rings. The van der Waals surface area contributed by atoms with E-state index in [4.69, 9.17) is 0 Å². The van der Waals surface area contributed by atoms with Crippen LogP contribution in [0.1, 0.15) is 5.56 Å². The van der Waals surface area contributed by atoms with E-state index >= 15 is 0 Å². The van der Waals surface area contributed by atoms with Crippen molar-refractivity contribution in [2.45, 2.75) is 6.92 Å². The summed E-state index contributed by atoms with van der Waals surface area (Å²) in [5, 5.41) is 31.7. The van der Waals surface area contributed by atoms with E-state index in [2.05, 4.69) is 0 Å². The summed E-state index contributed by atoms with van der Waals surface area (Å²) in [4.78, 5) is 28.5. The van der Waals surface area contributed by atoms with E-state index in [1.165, 1.54) is 6.92 Å². The Labute approximate surface area is 87.8 Å². The summed E-state index contributed by atoms with van der Waals surface area (Å²) in [6.45, 7) is 1.27. The first-order valence-corrected chi connectivity index (χ1v) is 3.93. The van der Waals surface area contributed by atoms with E-state index < -0.39 is 31.8 Å². The topological polar surface area (TPSA) is 129 Å². The van der Waals surface area contributed by atoms with Gasteiger partial charge in [0.25, 0.3) is 0 Å². The molecule has 0 radical (unpaired) electrons. The van der Waals surface area contributed by atoms with Gasteiger partial charge in [-0.3, -0.25) is 30.3 Å². The molecule has 0 bridgehead atoms. The first-order valence-electron chi connectivity index (χ1n) is 3.93. The fraction of sp³-hybridized carbons (Fsp3) is 0.143. The van der Waals surface area contributed by atoms with E-state index in [-0.39, 0.29) is 5.56 Å². The van der Waals surface area contributed by atoms with Crippen LogP contribution in [-0.4, -0.2) is 14.8 Å². The van der Waals surface area contributed by atoms with Crippen molar-refractivity contribution in [2.75, 3.05) is 0 Å². The van der Waals surface area contributed by atoms with E-state index in [1.807, 2.05) is 0 Å². The summed E-state index contributed by atoms with van der Waals surface area (Å²) in [5.41, 5.74) is -2.82. The Kier molecular flexibility index (Phi) is 2.79. The molecule has 0 aliphatic carbocycles. The third-order valence-electron chi connectivity index (χ3n) is 1.89. The summed E-state index contributed by atoms with van der Waals surface area (Å²) in [6, 6.07) is 1.98. The van der Waals surface area contributed by atoms with Gasteiger partial charge >= 0.3 is 17.1 Å². The van der Waals surface area contributed by atoms with Crippen LogP contribution in [0.3, 0.4) is 0 Å². The van der Waals surface area contributed by atoms with Gasteiger partial charge in [-0.25, -0.2) is 0 Å². The Hall–Kier alpha value is -2.58. The largest absolute Gasteiger partial charge is 0.422 e. The molecule has 0 aliphatic heterocycles. The molecule has 0 spiro atoms. The molecule has 0 heterocycles. The van der Waals surface area contributed by atoms with Crippen LogP contribution in [0, 0.1) is 37.3 Å². The molecule has 0 atom stereocenters. The molecule has 0 fully saturated rings. The highest BCUT2D eigenvalue weighted by Gasteiger charge is 2.37. The van der Waals surface area contributed by atoms with Crippen molar-refractivity contribution >= 4 is 17.1 Å². The average Bonchev–Trinajstić information content (AvgIpc) is 2.15. The summed E-state index contributed by atoms with van der Waals surface area (Å²) in [5.74, 6) is 0. The lowest BCUT2D eigenvalue weighted by Crippen LogP contribution is -2.02. The van der Waals surface area contributed by atoms with Crippen molar-refractivity contribution in [3.8, 4) is 0 Å². The van der Waals surface area contributed by atoms with Crippen LogP contribution in [0.25, 0.3) is 0 Å². The monoisotopic (exact) mass is 227 g/mol. The van der Waals surface area contributed by atoms with Crippen LogP contribution in [0.4, 0.5) is 17.1 Å². The summed E-state index contributed by atoms with van der Waals surface area (Å²) >= 11 is 0. The molecule has 0 aromatic heterocycles. The van der Waals surface area contributed by atoms with E-state index in [9.17, 15) is 30.3 Å². The number of rotatable bonds is 3. The van der Waals surface area contributed by atoms with Crippen LogP contribution < -0.4 is 0 Å². The molecule has 84 valence electrons. The van der Waals surface area contributed by atoms with Crippen LogP contribution >= 0.6 is 0 Å². The Morgan fingerprint density at radius 2 is 1.38 bits per heavy atom. The van der Waals surface area contributed by atoms with Gasteiger partial charge in [0.15, 0.2) is 0 Å². The smallest absolute Gasteiger partial charge is 0.258 e. The molecule has 1 aromatic carbocycles. The van der Waals surface area contributed by atoms with Crippen molar-refractivity contribution in [2.24, 2.45) is 0 Å². The van der Waals surface area contributed by atoms with Crippen molar-refractivity contribution < 1.29 is 14.8 Å². The van der Waals surface area contributed by atoms with Gasteiger partial charge in [0.2, 0.25) is 0 Å². The quantitative estimate of drug-likeness (QED) is 0.570. The van der Waals surface area contributed by atoms with Gasteiger partial charge < -0.3 is 0 Å². The molecule has 0 unspecified atom stereocenters. The summed E-state index contributed by atoms with van der Waals surface area (Å²) < 4.78 is 0. The maximum Gasteiger partial charge on any atom is 0.422 e. The van der Waals surface area contributed by atoms with Gasteiger partial charge in [-0.05, 0) is 13.0 Å². The molecule has 1 rings (SSSR count). The second-order valence-corrected chi connectivity index (χ2v) is 2.87. The maximum absolute atomic E-state index is 10.6. The number of benzene rings is 1.